The van der Waals surface area contributed by atoms with Gasteiger partial charge in [-0.25, -0.2) is 0 Å². The van der Waals surface area contributed by atoms with Crippen molar-refractivity contribution >= 4 is 28.9 Å². The van der Waals surface area contributed by atoms with Gasteiger partial charge in [0.2, 0.25) is 0 Å². The third-order valence-electron chi connectivity index (χ3n) is 4.05. The molecular formula is C20H25N3OS. The Labute approximate surface area is 155 Å². The topological polar surface area (TPSA) is 44.4 Å². The summed E-state index contributed by atoms with van der Waals surface area (Å²) in [7, 11) is 0. The number of benzene rings is 2. The van der Waals surface area contributed by atoms with Gasteiger partial charge < -0.3 is 5.32 Å². The lowest BCUT2D eigenvalue weighted by Crippen LogP contribution is -2.34. The van der Waals surface area contributed by atoms with Crippen LogP contribution >= 0.6 is 12.2 Å². The number of rotatable bonds is 6. The summed E-state index contributed by atoms with van der Waals surface area (Å²) in [5.41, 5.74) is 3.81. The second-order valence-corrected chi connectivity index (χ2v) is 6.34. The van der Waals surface area contributed by atoms with Crippen molar-refractivity contribution in [1.29, 1.82) is 0 Å². The average molecular weight is 356 g/mol. The zero-order chi connectivity index (χ0) is 18.2. The number of aryl methyl sites for hydroxylation is 1. The van der Waals surface area contributed by atoms with Crippen molar-refractivity contribution in [2.45, 2.75) is 27.3 Å². The van der Waals surface area contributed by atoms with E-state index >= 15 is 0 Å². The second kappa shape index (κ2) is 9.30. The molecule has 2 N–H and O–H groups in total. The lowest BCUT2D eigenvalue weighted by Gasteiger charge is -2.18. The van der Waals surface area contributed by atoms with Gasteiger partial charge in [-0.05, 0) is 62.1 Å². The smallest absolute Gasteiger partial charge is 0.257 e. The summed E-state index contributed by atoms with van der Waals surface area (Å²) in [6.45, 7) is 9.31. The monoisotopic (exact) mass is 355 g/mol. The zero-order valence-electron chi connectivity index (χ0n) is 15.0. The van der Waals surface area contributed by atoms with E-state index in [-0.39, 0.29) is 5.91 Å². The van der Waals surface area contributed by atoms with Gasteiger partial charge >= 0.3 is 0 Å². The maximum atomic E-state index is 12.2. The molecule has 0 aliphatic rings. The summed E-state index contributed by atoms with van der Waals surface area (Å²) in [6.07, 6.45) is 0. The highest BCUT2D eigenvalue weighted by molar-refractivity contribution is 7.80. The molecule has 0 saturated heterocycles. The van der Waals surface area contributed by atoms with Crippen molar-refractivity contribution in [3.63, 3.8) is 0 Å². The number of hydrogen-bond donors (Lipinski definition) is 2. The van der Waals surface area contributed by atoms with Gasteiger partial charge in [0.25, 0.3) is 5.91 Å². The third-order valence-corrected chi connectivity index (χ3v) is 4.26. The molecule has 25 heavy (non-hydrogen) atoms. The van der Waals surface area contributed by atoms with Crippen molar-refractivity contribution in [2.75, 3.05) is 18.4 Å². The minimum atomic E-state index is -0.212. The molecule has 0 fully saturated rings. The summed E-state index contributed by atoms with van der Waals surface area (Å²) in [5, 5.41) is 6.04. The van der Waals surface area contributed by atoms with Crippen molar-refractivity contribution in [3.05, 3.63) is 65.2 Å². The molecule has 0 atom stereocenters. The molecule has 0 aliphatic carbocycles. The molecule has 5 heteroatoms. The predicted molar refractivity (Wildman–Crippen MR) is 108 cm³/mol. The number of nitrogens with zero attached hydrogens (tertiary/aromatic N) is 1. The molecule has 0 aliphatic heterocycles. The Hall–Kier alpha value is -2.24. The molecule has 0 bridgehead atoms. The maximum absolute atomic E-state index is 12.2. The largest absolute Gasteiger partial charge is 0.332 e. The summed E-state index contributed by atoms with van der Waals surface area (Å²) >= 11 is 5.23. The first-order valence-corrected chi connectivity index (χ1v) is 8.93. The van der Waals surface area contributed by atoms with Crippen molar-refractivity contribution in [1.82, 2.24) is 10.2 Å². The highest BCUT2D eigenvalue weighted by Gasteiger charge is 2.08. The van der Waals surface area contributed by atoms with E-state index in [0.717, 1.165) is 30.9 Å². The number of carbonyl (C=O) groups excluding carboxylic acids is 1. The average Bonchev–Trinajstić information content (AvgIpc) is 2.61. The third kappa shape index (κ3) is 5.96. The Bertz CT molecular complexity index is 707. The number of anilines is 1. The second-order valence-electron chi connectivity index (χ2n) is 5.93. The number of nitrogens with one attached hydrogen (secondary N) is 2. The number of hydrogen-bond acceptors (Lipinski definition) is 3. The molecule has 0 unspecified atom stereocenters. The number of carbonyl (C=O) groups is 1. The van der Waals surface area contributed by atoms with E-state index in [2.05, 4.69) is 41.5 Å². The Morgan fingerprint density at radius 3 is 2.16 bits per heavy atom. The van der Waals surface area contributed by atoms with Gasteiger partial charge in [0, 0.05) is 17.8 Å². The molecule has 1 amide bonds. The molecule has 0 radical (unpaired) electrons. The maximum Gasteiger partial charge on any atom is 0.257 e. The molecule has 2 rings (SSSR count). The van der Waals surface area contributed by atoms with Crippen LogP contribution in [0.4, 0.5) is 5.69 Å². The van der Waals surface area contributed by atoms with E-state index in [9.17, 15) is 4.79 Å². The highest BCUT2D eigenvalue weighted by atomic mass is 32.1. The van der Waals surface area contributed by atoms with Crippen LogP contribution in [-0.4, -0.2) is 29.0 Å². The van der Waals surface area contributed by atoms with Gasteiger partial charge in [-0.15, -0.1) is 0 Å². The zero-order valence-corrected chi connectivity index (χ0v) is 15.8. The van der Waals surface area contributed by atoms with Crippen LogP contribution in [-0.2, 0) is 6.54 Å². The van der Waals surface area contributed by atoms with Crippen molar-refractivity contribution in [3.8, 4) is 0 Å². The Morgan fingerprint density at radius 2 is 1.60 bits per heavy atom. The van der Waals surface area contributed by atoms with Gasteiger partial charge in [-0.2, -0.15) is 0 Å². The van der Waals surface area contributed by atoms with Gasteiger partial charge in [-0.3, -0.25) is 15.0 Å². The van der Waals surface area contributed by atoms with Gasteiger partial charge in [-0.1, -0.05) is 43.7 Å². The molecule has 0 spiro atoms. The first-order chi connectivity index (χ1) is 12.0. The van der Waals surface area contributed by atoms with Crippen LogP contribution in [0.25, 0.3) is 0 Å². The predicted octanol–water partition coefficient (Wildman–Crippen LogP) is 3.96. The number of thiocarbonyl (C=S) groups is 1. The minimum Gasteiger partial charge on any atom is -0.332 e. The summed E-state index contributed by atoms with van der Waals surface area (Å²) in [4.78, 5) is 14.5. The van der Waals surface area contributed by atoms with E-state index in [1.165, 1.54) is 5.56 Å². The Morgan fingerprint density at radius 1 is 1.00 bits per heavy atom. The van der Waals surface area contributed by atoms with E-state index in [4.69, 9.17) is 12.2 Å². The minimum absolute atomic E-state index is 0.212. The van der Waals surface area contributed by atoms with E-state index in [1.807, 2.05) is 31.2 Å². The van der Waals surface area contributed by atoms with Crippen LogP contribution in [0.15, 0.2) is 48.5 Å². The first-order valence-electron chi connectivity index (χ1n) is 8.52. The Balaban J connectivity index is 1.89. The fourth-order valence-corrected chi connectivity index (χ4v) is 2.65. The standard InChI is InChI=1S/C20H25N3OS/c1-4-23(5-2)14-16-8-12-18(13-9-16)21-20(25)22-19(24)17-10-6-15(3)7-11-17/h6-13H,4-5,14H2,1-3H3,(H2,21,22,24,25). The van der Waals surface area contributed by atoms with Crippen LogP contribution in [0.2, 0.25) is 0 Å². The van der Waals surface area contributed by atoms with Crippen molar-refractivity contribution < 1.29 is 4.79 Å². The molecule has 0 aromatic heterocycles. The summed E-state index contributed by atoms with van der Waals surface area (Å²) < 4.78 is 0. The first kappa shape index (κ1) is 19.1. The van der Waals surface area contributed by atoms with Crippen LogP contribution in [0.1, 0.15) is 35.3 Å². The normalized spacial score (nSPS) is 10.6. The fourth-order valence-electron chi connectivity index (χ4n) is 2.44. The molecule has 0 saturated carbocycles. The van der Waals surface area contributed by atoms with E-state index in [1.54, 1.807) is 12.1 Å². The van der Waals surface area contributed by atoms with Crippen LogP contribution in [0.5, 0.6) is 0 Å². The van der Waals surface area contributed by atoms with Gasteiger partial charge in [0.15, 0.2) is 5.11 Å². The van der Waals surface area contributed by atoms with Gasteiger partial charge in [0.05, 0.1) is 0 Å². The summed E-state index contributed by atoms with van der Waals surface area (Å²) in [5.74, 6) is -0.212. The SMILES string of the molecule is CCN(CC)Cc1ccc(NC(=S)NC(=O)c2ccc(C)cc2)cc1. The number of amides is 1. The molecule has 132 valence electrons. The molecule has 2 aromatic rings. The van der Waals surface area contributed by atoms with Crippen LogP contribution < -0.4 is 10.6 Å². The molecule has 4 nitrogen and oxygen atoms in total. The van der Waals surface area contributed by atoms with Crippen LogP contribution in [0.3, 0.4) is 0 Å². The molecule has 2 aromatic carbocycles. The van der Waals surface area contributed by atoms with E-state index < -0.39 is 0 Å². The lowest BCUT2D eigenvalue weighted by molar-refractivity contribution is 0.0977. The quantitative estimate of drug-likeness (QED) is 0.770. The summed E-state index contributed by atoms with van der Waals surface area (Å²) in [6, 6.07) is 15.5. The molecular weight excluding hydrogens is 330 g/mol. The lowest BCUT2D eigenvalue weighted by atomic mass is 10.1. The molecule has 0 heterocycles. The van der Waals surface area contributed by atoms with E-state index in [0.29, 0.717) is 10.7 Å². The Kier molecular flexibility index (Phi) is 7.10. The van der Waals surface area contributed by atoms with Gasteiger partial charge in [0.1, 0.15) is 0 Å². The highest BCUT2D eigenvalue weighted by Crippen LogP contribution is 2.11. The fraction of sp³-hybridized carbons (Fsp3) is 0.300. The van der Waals surface area contributed by atoms with Crippen molar-refractivity contribution in [2.24, 2.45) is 0 Å². The van der Waals surface area contributed by atoms with Crippen LogP contribution in [0, 0.1) is 6.92 Å².